The van der Waals surface area contributed by atoms with Crippen molar-refractivity contribution in [3.63, 3.8) is 0 Å². The van der Waals surface area contributed by atoms with Crippen LogP contribution in [0.15, 0.2) is 22.7 Å². The van der Waals surface area contributed by atoms with Crippen molar-refractivity contribution in [2.45, 2.75) is 12.8 Å². The van der Waals surface area contributed by atoms with Crippen molar-refractivity contribution in [2.75, 3.05) is 18.4 Å². The van der Waals surface area contributed by atoms with E-state index in [4.69, 9.17) is 11.6 Å². The van der Waals surface area contributed by atoms with Gasteiger partial charge in [0, 0.05) is 10.9 Å². The number of nitrogens with one attached hydrogen (secondary N) is 2. The lowest BCUT2D eigenvalue weighted by Gasteiger charge is -2.10. The fourth-order valence-corrected chi connectivity index (χ4v) is 2.47. The van der Waals surface area contributed by atoms with Gasteiger partial charge in [-0.2, -0.15) is 0 Å². The average molecular weight is 318 g/mol. The number of carbonyl (C=O) groups is 1. The molecule has 5 heteroatoms. The number of benzene rings is 1. The summed E-state index contributed by atoms with van der Waals surface area (Å²) in [5.41, 5.74) is 0.664. The molecule has 2 N–H and O–H groups in total. The molecule has 1 aliphatic rings. The fraction of sp³-hybridized carbons (Fsp3) is 0.417. The Morgan fingerprint density at radius 2 is 2.41 bits per heavy atom. The smallest absolute Gasteiger partial charge is 0.224 e. The van der Waals surface area contributed by atoms with E-state index in [0.29, 0.717) is 23.0 Å². The Kier molecular flexibility index (Phi) is 4.42. The molecule has 1 heterocycles. The predicted octanol–water partition coefficient (Wildman–Crippen LogP) is 3.04. The third kappa shape index (κ3) is 3.69. The lowest BCUT2D eigenvalue weighted by molar-refractivity contribution is -0.116. The number of rotatable bonds is 3. The molecule has 1 amide bonds. The Morgan fingerprint density at radius 1 is 1.59 bits per heavy atom. The van der Waals surface area contributed by atoms with Crippen molar-refractivity contribution >= 4 is 39.1 Å². The zero-order chi connectivity index (χ0) is 12.3. The van der Waals surface area contributed by atoms with Gasteiger partial charge in [-0.3, -0.25) is 4.79 Å². The van der Waals surface area contributed by atoms with Crippen LogP contribution < -0.4 is 10.6 Å². The maximum Gasteiger partial charge on any atom is 0.224 e. The van der Waals surface area contributed by atoms with E-state index >= 15 is 0 Å². The minimum Gasteiger partial charge on any atom is -0.325 e. The summed E-state index contributed by atoms with van der Waals surface area (Å²) in [7, 11) is 0. The molecule has 1 aromatic carbocycles. The SMILES string of the molecule is O=C(CC1CCNC1)Nc1cc(Br)ccc1Cl. The highest BCUT2D eigenvalue weighted by Crippen LogP contribution is 2.26. The van der Waals surface area contributed by atoms with Gasteiger partial charge in [-0.15, -0.1) is 0 Å². The van der Waals surface area contributed by atoms with Gasteiger partial charge in [0.05, 0.1) is 10.7 Å². The number of hydrogen-bond donors (Lipinski definition) is 2. The van der Waals surface area contributed by atoms with Crippen molar-refractivity contribution < 1.29 is 4.79 Å². The standard InChI is InChI=1S/C12H14BrClN2O/c13-9-1-2-10(14)11(6-9)16-12(17)5-8-3-4-15-7-8/h1-2,6,8,15H,3-5,7H2,(H,16,17). The number of carbonyl (C=O) groups excluding carboxylic acids is 1. The van der Waals surface area contributed by atoms with Crippen LogP contribution in [-0.4, -0.2) is 19.0 Å². The second-order valence-corrected chi connectivity index (χ2v) is 5.56. The van der Waals surface area contributed by atoms with E-state index in [1.807, 2.05) is 12.1 Å². The van der Waals surface area contributed by atoms with Crippen LogP contribution >= 0.6 is 27.5 Å². The Balaban J connectivity index is 1.95. The zero-order valence-corrected chi connectivity index (χ0v) is 11.6. The molecule has 0 spiro atoms. The van der Waals surface area contributed by atoms with Crippen LogP contribution in [0.5, 0.6) is 0 Å². The molecule has 1 atom stereocenters. The fourth-order valence-electron chi connectivity index (χ4n) is 1.95. The summed E-state index contributed by atoms with van der Waals surface area (Å²) >= 11 is 9.36. The molecular formula is C12H14BrClN2O. The minimum atomic E-state index is 0.0266. The molecule has 1 saturated heterocycles. The van der Waals surface area contributed by atoms with Crippen LogP contribution in [0, 0.1) is 5.92 Å². The van der Waals surface area contributed by atoms with Gasteiger partial charge >= 0.3 is 0 Å². The van der Waals surface area contributed by atoms with E-state index in [9.17, 15) is 4.79 Å². The van der Waals surface area contributed by atoms with Gasteiger partial charge in [0.1, 0.15) is 0 Å². The molecular weight excluding hydrogens is 304 g/mol. The second-order valence-electron chi connectivity index (χ2n) is 4.24. The van der Waals surface area contributed by atoms with E-state index in [2.05, 4.69) is 26.6 Å². The normalized spacial score (nSPS) is 19.3. The van der Waals surface area contributed by atoms with Gasteiger partial charge in [0.15, 0.2) is 0 Å². The average Bonchev–Trinajstić information content (AvgIpc) is 2.76. The van der Waals surface area contributed by atoms with Gasteiger partial charge in [-0.05, 0) is 43.6 Å². The molecule has 1 unspecified atom stereocenters. The number of halogens is 2. The Labute approximate surface area is 114 Å². The summed E-state index contributed by atoms with van der Waals surface area (Å²) in [5, 5.41) is 6.66. The Morgan fingerprint density at radius 3 is 3.12 bits per heavy atom. The Hall–Kier alpha value is -0.580. The molecule has 0 saturated carbocycles. The minimum absolute atomic E-state index is 0.0266. The molecule has 1 fully saturated rings. The van der Waals surface area contributed by atoms with Gasteiger partial charge in [0.2, 0.25) is 5.91 Å². The van der Waals surface area contributed by atoms with Crippen LogP contribution in [0.25, 0.3) is 0 Å². The molecule has 1 aromatic rings. The zero-order valence-electron chi connectivity index (χ0n) is 9.30. The van der Waals surface area contributed by atoms with E-state index in [1.165, 1.54) is 0 Å². The van der Waals surface area contributed by atoms with Crippen LogP contribution in [0.2, 0.25) is 5.02 Å². The monoisotopic (exact) mass is 316 g/mol. The first-order chi connectivity index (χ1) is 8.15. The molecule has 17 heavy (non-hydrogen) atoms. The van der Waals surface area contributed by atoms with Crippen molar-refractivity contribution in [1.29, 1.82) is 0 Å². The third-order valence-corrected chi connectivity index (χ3v) is 3.66. The number of anilines is 1. The molecule has 2 rings (SSSR count). The highest BCUT2D eigenvalue weighted by atomic mass is 79.9. The topological polar surface area (TPSA) is 41.1 Å². The quantitative estimate of drug-likeness (QED) is 0.899. The van der Waals surface area contributed by atoms with Crippen molar-refractivity contribution in [1.82, 2.24) is 5.32 Å². The first-order valence-electron chi connectivity index (χ1n) is 5.61. The van der Waals surface area contributed by atoms with E-state index in [1.54, 1.807) is 6.07 Å². The third-order valence-electron chi connectivity index (χ3n) is 2.84. The van der Waals surface area contributed by atoms with Gasteiger partial charge in [0.25, 0.3) is 0 Å². The maximum atomic E-state index is 11.8. The molecule has 0 bridgehead atoms. The maximum absolute atomic E-state index is 11.8. The molecule has 1 aliphatic heterocycles. The lowest BCUT2D eigenvalue weighted by atomic mass is 10.0. The molecule has 92 valence electrons. The van der Waals surface area contributed by atoms with Crippen molar-refractivity contribution in [3.8, 4) is 0 Å². The predicted molar refractivity (Wildman–Crippen MR) is 73.4 cm³/mol. The molecule has 0 aliphatic carbocycles. The number of amides is 1. The first-order valence-corrected chi connectivity index (χ1v) is 6.78. The largest absolute Gasteiger partial charge is 0.325 e. The van der Waals surface area contributed by atoms with Crippen molar-refractivity contribution in [2.24, 2.45) is 5.92 Å². The van der Waals surface area contributed by atoms with E-state index in [0.717, 1.165) is 24.0 Å². The molecule has 0 radical (unpaired) electrons. The Bertz CT molecular complexity index is 419. The summed E-state index contributed by atoms with van der Waals surface area (Å²) in [6, 6.07) is 5.42. The van der Waals surface area contributed by atoms with Crippen LogP contribution in [0.1, 0.15) is 12.8 Å². The number of hydrogen-bond acceptors (Lipinski definition) is 2. The van der Waals surface area contributed by atoms with Gasteiger partial charge < -0.3 is 10.6 Å². The molecule has 0 aromatic heterocycles. The van der Waals surface area contributed by atoms with Crippen LogP contribution in [0.3, 0.4) is 0 Å². The van der Waals surface area contributed by atoms with E-state index in [-0.39, 0.29) is 5.91 Å². The first kappa shape index (κ1) is 12.9. The van der Waals surface area contributed by atoms with Crippen LogP contribution in [-0.2, 0) is 4.79 Å². The van der Waals surface area contributed by atoms with Gasteiger partial charge in [-0.1, -0.05) is 27.5 Å². The molecule has 3 nitrogen and oxygen atoms in total. The lowest BCUT2D eigenvalue weighted by Crippen LogP contribution is -2.18. The summed E-state index contributed by atoms with van der Waals surface area (Å²) in [6.45, 7) is 1.94. The highest BCUT2D eigenvalue weighted by molar-refractivity contribution is 9.10. The van der Waals surface area contributed by atoms with Crippen LogP contribution in [0.4, 0.5) is 5.69 Å². The second kappa shape index (κ2) is 5.85. The summed E-state index contributed by atoms with van der Waals surface area (Å²) in [6.07, 6.45) is 1.62. The highest BCUT2D eigenvalue weighted by Gasteiger charge is 2.18. The van der Waals surface area contributed by atoms with Crippen molar-refractivity contribution in [3.05, 3.63) is 27.7 Å². The summed E-state index contributed by atoms with van der Waals surface area (Å²) in [5.74, 6) is 0.472. The summed E-state index contributed by atoms with van der Waals surface area (Å²) in [4.78, 5) is 11.8. The van der Waals surface area contributed by atoms with E-state index < -0.39 is 0 Å². The summed E-state index contributed by atoms with van der Waals surface area (Å²) < 4.78 is 0.903. The van der Waals surface area contributed by atoms with Gasteiger partial charge in [-0.25, -0.2) is 0 Å².